The average Bonchev–Trinajstić information content (AvgIpc) is 3.30. The number of nitrogens with one attached hydrogen (secondary N) is 1. The van der Waals surface area contributed by atoms with Crippen molar-refractivity contribution in [2.24, 2.45) is 0 Å². The number of hydrogen-bond acceptors (Lipinski definition) is 3. The molecule has 1 heterocycles. The molecule has 0 saturated heterocycles. The van der Waals surface area contributed by atoms with Gasteiger partial charge in [0, 0.05) is 24.6 Å². The number of amides is 2. The maximum Gasteiger partial charge on any atom is 0.245 e. The van der Waals surface area contributed by atoms with E-state index in [1.165, 1.54) is 18.6 Å². The molecule has 0 aliphatic carbocycles. The Morgan fingerprint density at radius 3 is 2.31 bits per heavy atom. The molecular weight excluding hydrogens is 455 g/mol. The first-order valence-corrected chi connectivity index (χ1v) is 13.0. The highest BCUT2D eigenvalue weighted by Gasteiger charge is 2.19. The first-order chi connectivity index (χ1) is 17.5. The van der Waals surface area contributed by atoms with Crippen molar-refractivity contribution in [1.82, 2.24) is 14.7 Å². The number of benzene rings is 2. The minimum absolute atomic E-state index is 0.0109. The summed E-state index contributed by atoms with van der Waals surface area (Å²) in [5, 5.41) is 7.59. The van der Waals surface area contributed by atoms with Crippen LogP contribution in [-0.4, -0.2) is 39.6 Å². The standard InChI is InChI=1S/C29H37FN4O2/c1-3-5-7-8-12-15-29(36)33(20-6-4-2)22-28(35)31-27-21-26(23-13-10-9-11-14-23)32-34(27)25-18-16-24(30)17-19-25/h9-11,13-14,16-19,21H,3-8,12,15,20,22H2,1-2H3,(H,31,35). The molecule has 0 radical (unpaired) electrons. The van der Waals surface area contributed by atoms with Crippen molar-refractivity contribution >= 4 is 17.6 Å². The summed E-state index contributed by atoms with van der Waals surface area (Å²) in [4.78, 5) is 27.6. The van der Waals surface area contributed by atoms with Gasteiger partial charge in [-0.25, -0.2) is 9.07 Å². The second kappa shape index (κ2) is 14.2. The Labute approximate surface area is 213 Å². The Morgan fingerprint density at radius 2 is 1.61 bits per heavy atom. The molecule has 1 N–H and O–H groups in total. The van der Waals surface area contributed by atoms with Gasteiger partial charge < -0.3 is 10.2 Å². The van der Waals surface area contributed by atoms with Crippen LogP contribution < -0.4 is 5.32 Å². The Morgan fingerprint density at radius 1 is 0.917 bits per heavy atom. The van der Waals surface area contributed by atoms with Gasteiger partial charge in [0.05, 0.1) is 17.9 Å². The van der Waals surface area contributed by atoms with Crippen LogP contribution in [0.3, 0.4) is 0 Å². The van der Waals surface area contributed by atoms with Crippen molar-refractivity contribution in [1.29, 1.82) is 0 Å². The predicted molar refractivity (Wildman–Crippen MR) is 142 cm³/mol. The lowest BCUT2D eigenvalue weighted by Crippen LogP contribution is -2.38. The molecule has 0 saturated carbocycles. The van der Waals surface area contributed by atoms with Gasteiger partial charge in [-0.05, 0) is 37.1 Å². The van der Waals surface area contributed by atoms with Gasteiger partial charge in [-0.2, -0.15) is 5.10 Å². The zero-order chi connectivity index (χ0) is 25.8. The summed E-state index contributed by atoms with van der Waals surface area (Å²) in [5.74, 6) is -0.145. The van der Waals surface area contributed by atoms with Crippen LogP contribution in [0.15, 0.2) is 60.7 Å². The highest BCUT2D eigenvalue weighted by atomic mass is 19.1. The van der Waals surface area contributed by atoms with Gasteiger partial charge in [0.1, 0.15) is 11.6 Å². The van der Waals surface area contributed by atoms with Crippen LogP contribution in [0.2, 0.25) is 0 Å². The Hall–Kier alpha value is -3.48. The number of nitrogens with zero attached hydrogens (tertiary/aromatic N) is 3. The number of carbonyl (C=O) groups excluding carboxylic acids is 2. The maximum atomic E-state index is 13.5. The molecule has 0 unspecified atom stereocenters. The van der Waals surface area contributed by atoms with E-state index in [4.69, 9.17) is 0 Å². The van der Waals surface area contributed by atoms with Crippen molar-refractivity contribution in [3.8, 4) is 16.9 Å². The van der Waals surface area contributed by atoms with Crippen molar-refractivity contribution < 1.29 is 14.0 Å². The zero-order valence-electron chi connectivity index (χ0n) is 21.4. The number of hydrogen-bond donors (Lipinski definition) is 1. The van der Waals surface area contributed by atoms with E-state index in [2.05, 4.69) is 24.3 Å². The average molecular weight is 493 g/mol. The molecule has 0 aliphatic rings. The molecule has 7 heteroatoms. The molecule has 2 aromatic carbocycles. The fourth-order valence-electron chi connectivity index (χ4n) is 4.03. The molecule has 1 aromatic heterocycles. The third-order valence-electron chi connectivity index (χ3n) is 6.08. The Kier molecular flexibility index (Phi) is 10.7. The molecule has 2 amide bonds. The number of unbranched alkanes of at least 4 members (excludes halogenated alkanes) is 5. The normalized spacial score (nSPS) is 10.9. The first-order valence-electron chi connectivity index (χ1n) is 13.0. The fraction of sp³-hybridized carbons (Fsp3) is 0.414. The van der Waals surface area contributed by atoms with Crippen molar-refractivity contribution in [2.45, 2.75) is 65.2 Å². The fourth-order valence-corrected chi connectivity index (χ4v) is 4.03. The van der Waals surface area contributed by atoms with E-state index in [1.807, 2.05) is 30.3 Å². The molecule has 0 atom stereocenters. The minimum Gasteiger partial charge on any atom is -0.333 e. The van der Waals surface area contributed by atoms with Crippen LogP contribution in [0.1, 0.15) is 65.2 Å². The van der Waals surface area contributed by atoms with Crippen LogP contribution >= 0.6 is 0 Å². The van der Waals surface area contributed by atoms with Crippen molar-refractivity contribution in [3.05, 3.63) is 66.5 Å². The number of anilines is 1. The number of aromatic nitrogens is 2. The van der Waals surface area contributed by atoms with E-state index in [1.54, 1.807) is 27.8 Å². The van der Waals surface area contributed by atoms with Gasteiger partial charge in [-0.15, -0.1) is 0 Å². The lowest BCUT2D eigenvalue weighted by molar-refractivity contribution is -0.134. The van der Waals surface area contributed by atoms with Crippen LogP contribution in [0.25, 0.3) is 16.9 Å². The van der Waals surface area contributed by atoms with Gasteiger partial charge in [-0.1, -0.05) is 76.3 Å². The molecule has 0 bridgehead atoms. The Balaban J connectivity index is 1.75. The predicted octanol–water partition coefficient (Wildman–Crippen LogP) is 6.61. The van der Waals surface area contributed by atoms with Crippen LogP contribution in [0.5, 0.6) is 0 Å². The lowest BCUT2D eigenvalue weighted by atomic mass is 10.1. The monoisotopic (exact) mass is 492 g/mol. The lowest BCUT2D eigenvalue weighted by Gasteiger charge is -2.22. The van der Waals surface area contributed by atoms with Crippen molar-refractivity contribution in [2.75, 3.05) is 18.4 Å². The van der Waals surface area contributed by atoms with Crippen LogP contribution in [-0.2, 0) is 9.59 Å². The summed E-state index contributed by atoms with van der Waals surface area (Å²) in [5.41, 5.74) is 2.21. The second-order valence-corrected chi connectivity index (χ2v) is 9.05. The van der Waals surface area contributed by atoms with E-state index in [0.717, 1.165) is 44.1 Å². The Bertz CT molecular complexity index is 1100. The van der Waals surface area contributed by atoms with E-state index < -0.39 is 0 Å². The highest BCUT2D eigenvalue weighted by Crippen LogP contribution is 2.25. The van der Waals surface area contributed by atoms with Gasteiger partial charge in [0.25, 0.3) is 0 Å². The van der Waals surface area contributed by atoms with E-state index in [0.29, 0.717) is 30.2 Å². The molecule has 0 fully saturated rings. The third kappa shape index (κ3) is 8.04. The minimum atomic E-state index is -0.348. The quantitative estimate of drug-likeness (QED) is 0.258. The second-order valence-electron chi connectivity index (χ2n) is 9.05. The van der Waals surface area contributed by atoms with Gasteiger partial charge in [-0.3, -0.25) is 9.59 Å². The van der Waals surface area contributed by atoms with E-state index in [-0.39, 0.29) is 24.2 Å². The first kappa shape index (κ1) is 27.1. The number of carbonyl (C=O) groups is 2. The molecule has 36 heavy (non-hydrogen) atoms. The topological polar surface area (TPSA) is 67.2 Å². The molecule has 0 aliphatic heterocycles. The molecule has 3 aromatic rings. The van der Waals surface area contributed by atoms with E-state index in [9.17, 15) is 14.0 Å². The molecule has 0 spiro atoms. The van der Waals surface area contributed by atoms with Gasteiger partial charge >= 0.3 is 0 Å². The maximum absolute atomic E-state index is 13.5. The zero-order valence-corrected chi connectivity index (χ0v) is 21.4. The summed E-state index contributed by atoms with van der Waals surface area (Å²) < 4.78 is 15.1. The number of halogens is 1. The largest absolute Gasteiger partial charge is 0.333 e. The summed E-state index contributed by atoms with van der Waals surface area (Å²) in [6.45, 7) is 4.79. The number of rotatable bonds is 14. The summed E-state index contributed by atoms with van der Waals surface area (Å²) in [6.07, 6.45) is 7.62. The third-order valence-corrected chi connectivity index (χ3v) is 6.08. The molecular formula is C29H37FN4O2. The van der Waals surface area contributed by atoms with E-state index >= 15 is 0 Å². The molecule has 6 nitrogen and oxygen atoms in total. The van der Waals surface area contributed by atoms with Crippen LogP contribution in [0.4, 0.5) is 10.2 Å². The smallest absolute Gasteiger partial charge is 0.245 e. The summed E-state index contributed by atoms with van der Waals surface area (Å²) in [7, 11) is 0. The summed E-state index contributed by atoms with van der Waals surface area (Å²) >= 11 is 0. The molecule has 3 rings (SSSR count). The van der Waals surface area contributed by atoms with Crippen molar-refractivity contribution in [3.63, 3.8) is 0 Å². The van der Waals surface area contributed by atoms with Gasteiger partial charge in [0.2, 0.25) is 11.8 Å². The SMILES string of the molecule is CCCCCCCC(=O)N(CCCC)CC(=O)Nc1cc(-c2ccccc2)nn1-c1ccc(F)cc1. The van der Waals surface area contributed by atoms with Gasteiger partial charge in [0.15, 0.2) is 0 Å². The highest BCUT2D eigenvalue weighted by molar-refractivity contribution is 5.94. The van der Waals surface area contributed by atoms with Crippen LogP contribution in [0, 0.1) is 5.82 Å². The molecule has 192 valence electrons. The summed E-state index contributed by atoms with van der Waals surface area (Å²) in [6, 6.07) is 17.4.